The van der Waals surface area contributed by atoms with E-state index in [1.807, 2.05) is 6.07 Å². The predicted molar refractivity (Wildman–Crippen MR) is 76.2 cm³/mol. The second kappa shape index (κ2) is 4.93. The molecule has 0 spiro atoms. The molecule has 0 aliphatic carbocycles. The normalized spacial score (nSPS) is 20.7. The van der Waals surface area contributed by atoms with Crippen LogP contribution in [0.1, 0.15) is 31.7 Å². The molecule has 3 rings (SSSR count). The molecule has 19 heavy (non-hydrogen) atoms. The van der Waals surface area contributed by atoms with Gasteiger partial charge in [-0.05, 0) is 51.3 Å². The Labute approximate surface area is 114 Å². The Balaban J connectivity index is 1.77. The molecule has 0 bridgehead atoms. The van der Waals surface area contributed by atoms with Crippen molar-refractivity contribution < 1.29 is 0 Å². The van der Waals surface area contributed by atoms with Crippen molar-refractivity contribution in [3.8, 4) is 0 Å². The van der Waals surface area contributed by atoms with Crippen LogP contribution in [-0.2, 0) is 6.42 Å². The first-order valence-corrected chi connectivity index (χ1v) is 7.18. The summed E-state index contributed by atoms with van der Waals surface area (Å²) in [6.07, 6.45) is 4.45. The van der Waals surface area contributed by atoms with Crippen LogP contribution < -0.4 is 0 Å². The smallest absolute Gasteiger partial charge is 0.160 e. The minimum Gasteiger partial charge on any atom is -0.301 e. The lowest BCUT2D eigenvalue weighted by molar-refractivity contribution is 0.264. The first-order chi connectivity index (χ1) is 9.13. The van der Waals surface area contributed by atoms with Crippen LogP contribution >= 0.6 is 0 Å². The van der Waals surface area contributed by atoms with Gasteiger partial charge in [-0.2, -0.15) is 0 Å². The van der Waals surface area contributed by atoms with Gasteiger partial charge in [0.1, 0.15) is 5.82 Å². The topological polar surface area (TPSA) is 33.4 Å². The van der Waals surface area contributed by atoms with Crippen molar-refractivity contribution in [3.63, 3.8) is 0 Å². The number of likely N-dealkylation sites (tertiary alicyclic amines) is 1. The summed E-state index contributed by atoms with van der Waals surface area (Å²) in [5, 5.41) is 8.62. The van der Waals surface area contributed by atoms with Gasteiger partial charge in [0.15, 0.2) is 5.65 Å². The Morgan fingerprint density at radius 1 is 1.32 bits per heavy atom. The van der Waals surface area contributed by atoms with Crippen LogP contribution in [0.3, 0.4) is 0 Å². The van der Waals surface area contributed by atoms with E-state index >= 15 is 0 Å². The summed E-state index contributed by atoms with van der Waals surface area (Å²) < 4.78 is 2.15. The van der Waals surface area contributed by atoms with Crippen LogP contribution in [0.5, 0.6) is 0 Å². The van der Waals surface area contributed by atoms with Gasteiger partial charge in [0.2, 0.25) is 0 Å². The molecule has 102 valence electrons. The highest BCUT2D eigenvalue weighted by Crippen LogP contribution is 2.22. The van der Waals surface area contributed by atoms with E-state index in [2.05, 4.69) is 52.5 Å². The average molecular weight is 258 g/mol. The molecule has 1 saturated heterocycles. The monoisotopic (exact) mass is 258 g/mol. The van der Waals surface area contributed by atoms with Gasteiger partial charge in [-0.1, -0.05) is 6.07 Å². The van der Waals surface area contributed by atoms with Gasteiger partial charge in [-0.15, -0.1) is 10.2 Å². The first kappa shape index (κ1) is 12.6. The molecule has 0 N–H and O–H groups in total. The number of hydrogen-bond donors (Lipinski definition) is 0. The minimum atomic E-state index is 0.655. The van der Waals surface area contributed by atoms with Crippen LogP contribution in [0.2, 0.25) is 0 Å². The molecule has 2 aromatic heterocycles. The summed E-state index contributed by atoms with van der Waals surface area (Å²) in [5.41, 5.74) is 2.21. The molecule has 0 aromatic carbocycles. The Hall–Kier alpha value is -1.42. The molecule has 1 atom stereocenters. The molecule has 1 unspecified atom stereocenters. The van der Waals surface area contributed by atoms with Crippen LogP contribution in [0.15, 0.2) is 18.3 Å². The largest absolute Gasteiger partial charge is 0.301 e. The lowest BCUT2D eigenvalue weighted by atomic mass is 10.0. The number of aromatic nitrogens is 3. The third kappa shape index (κ3) is 2.50. The van der Waals surface area contributed by atoms with Crippen molar-refractivity contribution in [3.05, 3.63) is 29.7 Å². The molecule has 0 saturated carbocycles. The second-order valence-corrected chi connectivity index (χ2v) is 6.00. The first-order valence-electron chi connectivity index (χ1n) is 7.18. The molecule has 2 aromatic rings. The fraction of sp³-hybridized carbons (Fsp3) is 0.600. The molecular weight excluding hydrogens is 236 g/mol. The molecular formula is C15H22N4. The lowest BCUT2D eigenvalue weighted by Gasteiger charge is -2.20. The summed E-state index contributed by atoms with van der Waals surface area (Å²) >= 11 is 0. The van der Waals surface area contributed by atoms with Crippen LogP contribution in [-0.4, -0.2) is 38.6 Å². The number of rotatable bonds is 3. The third-order valence-corrected chi connectivity index (χ3v) is 4.14. The van der Waals surface area contributed by atoms with Gasteiger partial charge in [-0.25, -0.2) is 0 Å². The van der Waals surface area contributed by atoms with E-state index in [1.165, 1.54) is 25.1 Å². The summed E-state index contributed by atoms with van der Waals surface area (Å²) in [4.78, 5) is 2.55. The maximum atomic E-state index is 4.36. The second-order valence-electron chi connectivity index (χ2n) is 6.00. The minimum absolute atomic E-state index is 0.655. The fourth-order valence-corrected chi connectivity index (χ4v) is 2.94. The Morgan fingerprint density at radius 3 is 2.89 bits per heavy atom. The van der Waals surface area contributed by atoms with Gasteiger partial charge in [0, 0.05) is 25.2 Å². The zero-order valence-electron chi connectivity index (χ0n) is 12.0. The number of aryl methyl sites for hydroxylation is 1. The van der Waals surface area contributed by atoms with Crippen molar-refractivity contribution in [2.24, 2.45) is 5.92 Å². The molecule has 4 nitrogen and oxygen atoms in total. The van der Waals surface area contributed by atoms with Crippen molar-refractivity contribution in [2.45, 2.75) is 39.7 Å². The zero-order chi connectivity index (χ0) is 13.4. The Kier molecular flexibility index (Phi) is 3.27. The SMILES string of the molecule is Cc1ccc2nnc(CC3CCN(C(C)C)C3)n2c1. The van der Waals surface area contributed by atoms with Crippen LogP contribution in [0.4, 0.5) is 0 Å². The highest BCUT2D eigenvalue weighted by atomic mass is 15.2. The van der Waals surface area contributed by atoms with Crippen molar-refractivity contribution in [2.75, 3.05) is 13.1 Å². The highest BCUT2D eigenvalue weighted by molar-refractivity contribution is 5.39. The lowest BCUT2D eigenvalue weighted by Crippen LogP contribution is -2.28. The van der Waals surface area contributed by atoms with Crippen LogP contribution in [0.25, 0.3) is 5.65 Å². The molecule has 4 heteroatoms. The number of fused-ring (bicyclic) bond motifs is 1. The third-order valence-electron chi connectivity index (χ3n) is 4.14. The van der Waals surface area contributed by atoms with E-state index in [0.29, 0.717) is 6.04 Å². The van der Waals surface area contributed by atoms with Gasteiger partial charge in [-0.3, -0.25) is 4.40 Å². The summed E-state index contributed by atoms with van der Waals surface area (Å²) in [7, 11) is 0. The van der Waals surface area contributed by atoms with Crippen LogP contribution in [0, 0.1) is 12.8 Å². The van der Waals surface area contributed by atoms with Gasteiger partial charge >= 0.3 is 0 Å². The summed E-state index contributed by atoms with van der Waals surface area (Å²) in [6, 6.07) is 4.78. The van der Waals surface area contributed by atoms with Crippen molar-refractivity contribution in [1.82, 2.24) is 19.5 Å². The van der Waals surface area contributed by atoms with E-state index < -0.39 is 0 Å². The maximum Gasteiger partial charge on any atom is 0.160 e. The zero-order valence-corrected chi connectivity index (χ0v) is 12.0. The average Bonchev–Trinajstić information content (AvgIpc) is 2.98. The van der Waals surface area contributed by atoms with Gasteiger partial charge < -0.3 is 4.90 Å². The molecule has 1 fully saturated rings. The van der Waals surface area contributed by atoms with Gasteiger partial charge in [0.05, 0.1) is 0 Å². The Bertz CT molecular complexity index is 573. The molecule has 1 aliphatic rings. The van der Waals surface area contributed by atoms with E-state index in [9.17, 15) is 0 Å². The number of hydrogen-bond acceptors (Lipinski definition) is 3. The van der Waals surface area contributed by atoms with E-state index in [0.717, 1.165) is 23.8 Å². The molecule has 1 aliphatic heterocycles. The summed E-state index contributed by atoms with van der Waals surface area (Å²) in [6.45, 7) is 9.08. The molecule has 0 amide bonds. The number of pyridine rings is 1. The summed E-state index contributed by atoms with van der Waals surface area (Å²) in [5.74, 6) is 1.82. The van der Waals surface area contributed by atoms with Gasteiger partial charge in [0.25, 0.3) is 0 Å². The quantitative estimate of drug-likeness (QED) is 0.847. The van der Waals surface area contributed by atoms with Crippen molar-refractivity contribution in [1.29, 1.82) is 0 Å². The van der Waals surface area contributed by atoms with E-state index in [1.54, 1.807) is 0 Å². The highest BCUT2D eigenvalue weighted by Gasteiger charge is 2.25. The molecule has 3 heterocycles. The fourth-order valence-electron chi connectivity index (χ4n) is 2.94. The van der Waals surface area contributed by atoms with E-state index in [-0.39, 0.29) is 0 Å². The van der Waals surface area contributed by atoms with Crippen molar-refractivity contribution >= 4 is 5.65 Å². The standard InChI is InChI=1S/C15H22N4/c1-11(2)18-7-6-13(10-18)8-15-17-16-14-5-4-12(3)9-19(14)15/h4-5,9,11,13H,6-8,10H2,1-3H3. The number of nitrogens with zero attached hydrogens (tertiary/aromatic N) is 4. The maximum absolute atomic E-state index is 4.36. The Morgan fingerprint density at radius 2 is 2.16 bits per heavy atom. The van der Waals surface area contributed by atoms with E-state index in [4.69, 9.17) is 0 Å². The predicted octanol–water partition coefficient (Wildman–Crippen LogP) is 2.31. The molecule has 0 radical (unpaired) electrons.